The van der Waals surface area contributed by atoms with Crippen molar-refractivity contribution < 1.29 is 4.79 Å². The van der Waals surface area contributed by atoms with Crippen LogP contribution in [-0.2, 0) is 20.0 Å². The molecule has 1 aromatic heterocycles. The van der Waals surface area contributed by atoms with Crippen LogP contribution in [0.15, 0.2) is 24.4 Å². The van der Waals surface area contributed by atoms with Crippen molar-refractivity contribution in [3.63, 3.8) is 0 Å². The summed E-state index contributed by atoms with van der Waals surface area (Å²) in [5.41, 5.74) is 10.1. The van der Waals surface area contributed by atoms with Crippen molar-refractivity contribution in [2.45, 2.75) is 26.8 Å². The Balaban J connectivity index is 2.12. The van der Waals surface area contributed by atoms with E-state index in [0.29, 0.717) is 12.1 Å². The molecule has 1 heterocycles. The van der Waals surface area contributed by atoms with Crippen LogP contribution in [0.25, 0.3) is 0 Å². The summed E-state index contributed by atoms with van der Waals surface area (Å²) in [6.07, 6.45) is 2.87. The summed E-state index contributed by atoms with van der Waals surface area (Å²) in [6, 6.07) is 5.52. The highest BCUT2D eigenvalue weighted by Crippen LogP contribution is 2.17. The van der Waals surface area contributed by atoms with E-state index in [4.69, 9.17) is 5.73 Å². The Labute approximate surface area is 118 Å². The lowest BCUT2D eigenvalue weighted by Gasteiger charge is -2.09. The van der Waals surface area contributed by atoms with Crippen LogP contribution < -0.4 is 11.1 Å². The van der Waals surface area contributed by atoms with E-state index in [1.807, 2.05) is 37.0 Å². The van der Waals surface area contributed by atoms with Crippen LogP contribution in [0.2, 0.25) is 0 Å². The third-order valence-corrected chi connectivity index (χ3v) is 3.34. The van der Waals surface area contributed by atoms with Gasteiger partial charge in [-0.1, -0.05) is 13.0 Å². The second-order valence-corrected chi connectivity index (χ2v) is 4.88. The molecule has 1 amide bonds. The highest BCUT2D eigenvalue weighted by molar-refractivity contribution is 5.93. The summed E-state index contributed by atoms with van der Waals surface area (Å²) in [7, 11) is 1.91. The average Bonchev–Trinajstić information content (AvgIpc) is 2.77. The highest BCUT2D eigenvalue weighted by atomic mass is 16.1. The quantitative estimate of drug-likeness (QED) is 0.874. The number of hydrogen-bond donors (Lipinski definition) is 2. The molecule has 0 saturated heterocycles. The van der Waals surface area contributed by atoms with Crippen LogP contribution in [-0.4, -0.2) is 15.7 Å². The van der Waals surface area contributed by atoms with Gasteiger partial charge in [0.15, 0.2) is 0 Å². The van der Waals surface area contributed by atoms with Crippen molar-refractivity contribution in [2.75, 3.05) is 5.32 Å². The normalized spacial score (nSPS) is 10.6. The Hall–Kier alpha value is -2.30. The lowest BCUT2D eigenvalue weighted by Crippen LogP contribution is -2.12. The first-order valence-corrected chi connectivity index (χ1v) is 6.67. The Morgan fingerprint density at radius 2 is 2.20 bits per heavy atom. The van der Waals surface area contributed by atoms with Crippen molar-refractivity contribution >= 4 is 11.6 Å². The molecule has 0 saturated carbocycles. The SMILES string of the molecule is CCc1nn(C)cc1NCc1ccc(C(N)=O)cc1C. The van der Waals surface area contributed by atoms with Crippen LogP contribution in [0.3, 0.4) is 0 Å². The molecule has 0 aliphatic carbocycles. The first-order chi connectivity index (χ1) is 9.51. The van der Waals surface area contributed by atoms with Gasteiger partial charge in [-0.2, -0.15) is 5.10 Å². The fourth-order valence-corrected chi connectivity index (χ4v) is 2.18. The zero-order valence-electron chi connectivity index (χ0n) is 12.1. The van der Waals surface area contributed by atoms with E-state index in [0.717, 1.165) is 28.9 Å². The number of aryl methyl sites for hydroxylation is 3. The number of carbonyl (C=O) groups excluding carboxylic acids is 1. The van der Waals surface area contributed by atoms with E-state index in [-0.39, 0.29) is 0 Å². The minimum Gasteiger partial charge on any atom is -0.378 e. The second kappa shape index (κ2) is 5.77. The van der Waals surface area contributed by atoms with Crippen LogP contribution >= 0.6 is 0 Å². The molecule has 0 aliphatic heterocycles. The number of hydrogen-bond acceptors (Lipinski definition) is 3. The van der Waals surface area contributed by atoms with Gasteiger partial charge in [0.1, 0.15) is 0 Å². The molecule has 0 atom stereocenters. The van der Waals surface area contributed by atoms with Crippen LogP contribution in [0.1, 0.15) is 34.1 Å². The first-order valence-electron chi connectivity index (χ1n) is 6.67. The molecule has 5 heteroatoms. The predicted molar refractivity (Wildman–Crippen MR) is 79.6 cm³/mol. The minimum atomic E-state index is -0.395. The average molecular weight is 272 g/mol. The molecule has 2 aromatic rings. The zero-order chi connectivity index (χ0) is 14.7. The molecular weight excluding hydrogens is 252 g/mol. The van der Waals surface area contributed by atoms with Gasteiger partial charge in [0, 0.05) is 25.4 Å². The molecular formula is C15H20N4O. The molecule has 106 valence electrons. The molecule has 5 nitrogen and oxygen atoms in total. The van der Waals surface area contributed by atoms with Gasteiger partial charge >= 0.3 is 0 Å². The van der Waals surface area contributed by atoms with Gasteiger partial charge in [0.05, 0.1) is 11.4 Å². The third-order valence-electron chi connectivity index (χ3n) is 3.34. The zero-order valence-corrected chi connectivity index (χ0v) is 12.1. The van der Waals surface area contributed by atoms with Crippen molar-refractivity contribution in [3.05, 3.63) is 46.8 Å². The number of primary amides is 1. The van der Waals surface area contributed by atoms with Gasteiger partial charge in [0.25, 0.3) is 0 Å². The van der Waals surface area contributed by atoms with Crippen molar-refractivity contribution in [3.8, 4) is 0 Å². The number of aromatic nitrogens is 2. The smallest absolute Gasteiger partial charge is 0.248 e. The van der Waals surface area contributed by atoms with E-state index in [2.05, 4.69) is 17.3 Å². The standard InChI is InChI=1S/C15H20N4O/c1-4-13-14(9-19(3)18-13)17-8-12-6-5-11(15(16)20)7-10(12)2/h5-7,9,17H,4,8H2,1-3H3,(H2,16,20). The number of benzene rings is 1. The van der Waals surface area contributed by atoms with E-state index in [9.17, 15) is 4.79 Å². The van der Waals surface area contributed by atoms with Gasteiger partial charge in [-0.25, -0.2) is 0 Å². The number of carbonyl (C=O) groups is 1. The highest BCUT2D eigenvalue weighted by Gasteiger charge is 2.07. The van der Waals surface area contributed by atoms with E-state index in [1.165, 1.54) is 0 Å². The molecule has 0 unspecified atom stereocenters. The lowest BCUT2D eigenvalue weighted by molar-refractivity contribution is 0.1000. The van der Waals surface area contributed by atoms with Gasteiger partial charge < -0.3 is 11.1 Å². The maximum atomic E-state index is 11.1. The predicted octanol–water partition coefficient (Wildman–Crippen LogP) is 2.00. The Bertz CT molecular complexity index is 631. The summed E-state index contributed by atoms with van der Waals surface area (Å²) in [4.78, 5) is 11.1. The van der Waals surface area contributed by atoms with Gasteiger partial charge in [-0.15, -0.1) is 0 Å². The molecule has 3 N–H and O–H groups in total. The topological polar surface area (TPSA) is 72.9 Å². The number of nitrogens with zero attached hydrogens (tertiary/aromatic N) is 2. The number of nitrogens with two attached hydrogens (primary N) is 1. The van der Waals surface area contributed by atoms with Crippen LogP contribution in [0.4, 0.5) is 5.69 Å². The molecule has 0 fully saturated rings. The first kappa shape index (κ1) is 14.1. The van der Waals surface area contributed by atoms with Gasteiger partial charge in [-0.05, 0) is 36.6 Å². The lowest BCUT2D eigenvalue weighted by atomic mass is 10.0. The summed E-state index contributed by atoms with van der Waals surface area (Å²) in [6.45, 7) is 4.76. The van der Waals surface area contributed by atoms with Gasteiger partial charge in [-0.3, -0.25) is 9.48 Å². The maximum Gasteiger partial charge on any atom is 0.248 e. The number of rotatable bonds is 5. The van der Waals surface area contributed by atoms with Crippen LogP contribution in [0.5, 0.6) is 0 Å². The van der Waals surface area contributed by atoms with Crippen molar-refractivity contribution in [1.82, 2.24) is 9.78 Å². The summed E-state index contributed by atoms with van der Waals surface area (Å²) in [5.74, 6) is -0.395. The molecule has 1 aromatic carbocycles. The largest absolute Gasteiger partial charge is 0.378 e. The molecule has 0 bridgehead atoms. The molecule has 20 heavy (non-hydrogen) atoms. The van der Waals surface area contributed by atoms with E-state index >= 15 is 0 Å². The number of amides is 1. The fraction of sp³-hybridized carbons (Fsp3) is 0.333. The second-order valence-electron chi connectivity index (χ2n) is 4.88. The van der Waals surface area contributed by atoms with Crippen LogP contribution in [0, 0.1) is 6.92 Å². The summed E-state index contributed by atoms with van der Waals surface area (Å²) < 4.78 is 1.81. The monoisotopic (exact) mass is 272 g/mol. The van der Waals surface area contributed by atoms with Gasteiger partial charge in [0.2, 0.25) is 5.91 Å². The van der Waals surface area contributed by atoms with Crippen molar-refractivity contribution in [2.24, 2.45) is 12.8 Å². The summed E-state index contributed by atoms with van der Waals surface area (Å²) in [5, 5.41) is 7.79. The Kier molecular flexibility index (Phi) is 4.08. The number of anilines is 1. The minimum absolute atomic E-state index is 0.395. The molecule has 2 rings (SSSR count). The molecule has 0 radical (unpaired) electrons. The maximum absolute atomic E-state index is 11.1. The van der Waals surface area contributed by atoms with E-state index < -0.39 is 5.91 Å². The summed E-state index contributed by atoms with van der Waals surface area (Å²) >= 11 is 0. The third kappa shape index (κ3) is 2.99. The fourth-order valence-electron chi connectivity index (χ4n) is 2.18. The van der Waals surface area contributed by atoms with Crippen molar-refractivity contribution in [1.29, 1.82) is 0 Å². The number of nitrogens with one attached hydrogen (secondary N) is 1. The Morgan fingerprint density at radius 3 is 2.80 bits per heavy atom. The Morgan fingerprint density at radius 1 is 1.45 bits per heavy atom. The van der Waals surface area contributed by atoms with E-state index in [1.54, 1.807) is 6.07 Å². The molecule has 0 aliphatic rings. The molecule has 0 spiro atoms.